The molecular weight excluding hydrogens is 296 g/mol. The van der Waals surface area contributed by atoms with Gasteiger partial charge in [-0.3, -0.25) is 0 Å². The van der Waals surface area contributed by atoms with E-state index in [0.29, 0.717) is 10.8 Å². The van der Waals surface area contributed by atoms with Crippen LogP contribution in [0.4, 0.5) is 8.78 Å². The highest BCUT2D eigenvalue weighted by atomic mass is 32.2. The zero-order valence-electron chi connectivity index (χ0n) is 12.1. The van der Waals surface area contributed by atoms with Gasteiger partial charge in [-0.1, -0.05) is 13.0 Å². The van der Waals surface area contributed by atoms with Crippen LogP contribution in [0.15, 0.2) is 12.1 Å². The van der Waals surface area contributed by atoms with E-state index < -0.39 is 11.6 Å². The lowest BCUT2D eigenvalue weighted by Gasteiger charge is -2.36. The van der Waals surface area contributed by atoms with Crippen molar-refractivity contribution in [1.82, 2.24) is 5.32 Å². The molecule has 5 heteroatoms. The Labute approximate surface area is 128 Å². The zero-order chi connectivity index (χ0) is 14.7. The summed E-state index contributed by atoms with van der Waals surface area (Å²) < 4.78 is 28.5. The first-order valence-electron chi connectivity index (χ1n) is 6.95. The molecule has 1 fully saturated rings. The molecule has 0 bridgehead atoms. The Hall–Kier alpha value is -0.260. The Morgan fingerprint density at radius 3 is 2.65 bits per heavy atom. The van der Waals surface area contributed by atoms with Crippen LogP contribution in [0.1, 0.15) is 30.5 Å². The summed E-state index contributed by atoms with van der Waals surface area (Å²) in [4.78, 5) is 0. The molecule has 0 aliphatic carbocycles. The van der Waals surface area contributed by atoms with E-state index in [4.69, 9.17) is 0 Å². The van der Waals surface area contributed by atoms with E-state index in [1.165, 1.54) is 12.1 Å². The molecule has 1 heterocycles. The van der Waals surface area contributed by atoms with E-state index in [0.717, 1.165) is 17.9 Å². The predicted molar refractivity (Wildman–Crippen MR) is 85.7 cm³/mol. The van der Waals surface area contributed by atoms with Crippen LogP contribution in [0.3, 0.4) is 0 Å². The Morgan fingerprint density at radius 1 is 1.30 bits per heavy atom. The smallest absolute Gasteiger partial charge is 0.133 e. The predicted octanol–water partition coefficient (Wildman–Crippen LogP) is 4.16. The minimum atomic E-state index is -0.446. The van der Waals surface area contributed by atoms with Crippen molar-refractivity contribution < 1.29 is 8.78 Å². The van der Waals surface area contributed by atoms with Crippen molar-refractivity contribution >= 4 is 23.5 Å². The maximum Gasteiger partial charge on any atom is 0.133 e. The fourth-order valence-corrected chi connectivity index (χ4v) is 5.95. The zero-order valence-corrected chi connectivity index (χ0v) is 13.7. The summed E-state index contributed by atoms with van der Waals surface area (Å²) >= 11 is 3.75. The van der Waals surface area contributed by atoms with Crippen LogP contribution < -0.4 is 5.32 Å². The summed E-state index contributed by atoms with van der Waals surface area (Å²) in [5, 5.41) is 3.79. The second-order valence-corrected chi connectivity index (χ2v) is 7.64. The Balaban J connectivity index is 2.39. The number of aryl methyl sites for hydroxylation is 1. The van der Waals surface area contributed by atoms with Crippen LogP contribution in [0.5, 0.6) is 0 Å². The molecule has 20 heavy (non-hydrogen) atoms. The van der Waals surface area contributed by atoms with Crippen molar-refractivity contribution in [3.63, 3.8) is 0 Å². The number of halogens is 2. The first-order valence-corrected chi connectivity index (χ1v) is 9.04. The van der Waals surface area contributed by atoms with E-state index in [9.17, 15) is 8.78 Å². The lowest BCUT2D eigenvalue weighted by Crippen LogP contribution is -2.38. The molecule has 0 aromatic heterocycles. The van der Waals surface area contributed by atoms with E-state index in [2.05, 4.69) is 12.2 Å². The summed E-state index contributed by atoms with van der Waals surface area (Å²) in [6.45, 7) is 3.83. The molecule has 112 valence electrons. The van der Waals surface area contributed by atoms with Gasteiger partial charge in [0.1, 0.15) is 11.6 Å². The Bertz CT molecular complexity index is 467. The number of thioether (sulfide) groups is 2. The topological polar surface area (TPSA) is 12.0 Å². The maximum absolute atomic E-state index is 14.4. The summed E-state index contributed by atoms with van der Waals surface area (Å²) in [5.41, 5.74) is 0.703. The molecule has 1 aliphatic rings. The molecule has 1 nitrogen and oxygen atoms in total. The standard InChI is InChI=1S/C15H21F2NS2/c1-4-11-15(20-8-7-19-11)14(18-3)12-10(16)6-5-9(2)13(12)17/h5-6,11,14-15,18H,4,7-8H2,1-3H3. The molecule has 0 spiro atoms. The van der Waals surface area contributed by atoms with Gasteiger partial charge < -0.3 is 5.32 Å². The summed E-state index contributed by atoms with van der Waals surface area (Å²) in [7, 11) is 1.79. The van der Waals surface area contributed by atoms with Crippen LogP contribution >= 0.6 is 23.5 Å². The third-order valence-corrected chi connectivity index (χ3v) is 7.12. The van der Waals surface area contributed by atoms with E-state index in [1.54, 1.807) is 14.0 Å². The molecule has 0 amide bonds. The van der Waals surface area contributed by atoms with Gasteiger partial charge in [-0.15, -0.1) is 0 Å². The normalized spacial score (nSPS) is 24.6. The average Bonchev–Trinajstić information content (AvgIpc) is 2.47. The molecule has 1 aromatic rings. The van der Waals surface area contributed by atoms with E-state index in [-0.39, 0.29) is 16.9 Å². The molecule has 1 aromatic carbocycles. The molecule has 1 saturated heterocycles. The summed E-state index contributed by atoms with van der Waals surface area (Å²) in [6.07, 6.45) is 1.02. The van der Waals surface area contributed by atoms with Gasteiger partial charge in [-0.25, -0.2) is 8.78 Å². The molecule has 1 N–H and O–H groups in total. The highest BCUT2D eigenvalue weighted by Gasteiger charge is 2.35. The van der Waals surface area contributed by atoms with Gasteiger partial charge in [0.25, 0.3) is 0 Å². The number of benzene rings is 1. The first-order chi connectivity index (χ1) is 9.60. The van der Waals surface area contributed by atoms with Gasteiger partial charge in [0.2, 0.25) is 0 Å². The third kappa shape index (κ3) is 3.15. The van der Waals surface area contributed by atoms with Gasteiger partial charge in [0.05, 0.1) is 6.04 Å². The first kappa shape index (κ1) is 16.1. The van der Waals surface area contributed by atoms with Gasteiger partial charge in [0.15, 0.2) is 0 Å². The molecular formula is C15H21F2NS2. The van der Waals surface area contributed by atoms with E-state index >= 15 is 0 Å². The molecule has 2 rings (SSSR count). The Morgan fingerprint density at radius 2 is 2.00 bits per heavy atom. The van der Waals surface area contributed by atoms with Crippen molar-refractivity contribution in [2.75, 3.05) is 18.6 Å². The van der Waals surface area contributed by atoms with Crippen molar-refractivity contribution in [1.29, 1.82) is 0 Å². The second kappa shape index (κ2) is 7.14. The van der Waals surface area contributed by atoms with Crippen molar-refractivity contribution in [2.24, 2.45) is 0 Å². The number of hydrogen-bond acceptors (Lipinski definition) is 3. The Kier molecular flexibility index (Phi) is 5.75. The minimum absolute atomic E-state index is 0.200. The minimum Gasteiger partial charge on any atom is -0.312 e. The molecule has 3 unspecified atom stereocenters. The van der Waals surface area contributed by atoms with Crippen molar-refractivity contribution in [3.05, 3.63) is 34.9 Å². The molecule has 0 saturated carbocycles. The number of hydrogen-bond donors (Lipinski definition) is 1. The van der Waals surface area contributed by atoms with Crippen LogP contribution in [0.25, 0.3) is 0 Å². The molecule has 0 radical (unpaired) electrons. The van der Waals surface area contributed by atoms with Crippen molar-refractivity contribution in [2.45, 2.75) is 36.8 Å². The maximum atomic E-state index is 14.4. The lowest BCUT2D eigenvalue weighted by atomic mass is 9.97. The molecule has 3 atom stereocenters. The fraction of sp³-hybridized carbons (Fsp3) is 0.600. The monoisotopic (exact) mass is 317 g/mol. The van der Waals surface area contributed by atoms with Crippen LogP contribution in [-0.4, -0.2) is 29.1 Å². The highest BCUT2D eigenvalue weighted by molar-refractivity contribution is 8.07. The summed E-state index contributed by atoms with van der Waals surface area (Å²) in [6, 6.07) is 2.60. The highest BCUT2D eigenvalue weighted by Crippen LogP contribution is 2.41. The van der Waals surface area contributed by atoms with Gasteiger partial charge in [0, 0.05) is 27.6 Å². The second-order valence-electron chi connectivity index (χ2n) is 5.01. The van der Waals surface area contributed by atoms with E-state index in [1.807, 2.05) is 23.5 Å². The average molecular weight is 317 g/mol. The third-order valence-electron chi connectivity index (χ3n) is 3.76. The van der Waals surface area contributed by atoms with Crippen LogP contribution in [-0.2, 0) is 0 Å². The van der Waals surface area contributed by atoms with Crippen molar-refractivity contribution in [3.8, 4) is 0 Å². The SMILES string of the molecule is CCC1SCCSC1C(NC)c1c(F)ccc(C)c1F. The fourth-order valence-electron chi connectivity index (χ4n) is 2.68. The van der Waals surface area contributed by atoms with Crippen LogP contribution in [0, 0.1) is 18.6 Å². The van der Waals surface area contributed by atoms with Gasteiger partial charge in [-0.05, 0) is 32.0 Å². The summed E-state index contributed by atoms with van der Waals surface area (Å²) in [5.74, 6) is 1.31. The number of rotatable bonds is 4. The lowest BCUT2D eigenvalue weighted by molar-refractivity contribution is 0.469. The molecule has 1 aliphatic heterocycles. The van der Waals surface area contributed by atoms with Crippen LogP contribution in [0.2, 0.25) is 0 Å². The van der Waals surface area contributed by atoms with Gasteiger partial charge in [-0.2, -0.15) is 23.5 Å². The quantitative estimate of drug-likeness (QED) is 0.895. The number of nitrogens with one attached hydrogen (secondary N) is 1. The van der Waals surface area contributed by atoms with Gasteiger partial charge >= 0.3 is 0 Å². The largest absolute Gasteiger partial charge is 0.312 e.